The largest absolute Gasteiger partial charge is 0.486 e. The quantitative estimate of drug-likeness (QED) is 0.901. The first-order chi connectivity index (χ1) is 10.2. The fraction of sp³-hybridized carbons (Fsp3) is 0.562. The first-order valence-corrected chi connectivity index (χ1v) is 7.56. The molecule has 1 atom stereocenters. The van der Waals surface area contributed by atoms with E-state index in [9.17, 15) is 4.79 Å². The summed E-state index contributed by atoms with van der Waals surface area (Å²) < 4.78 is 11.6. The number of fused-ring (bicyclic) bond motifs is 1. The second-order valence-corrected chi connectivity index (χ2v) is 5.76. The van der Waals surface area contributed by atoms with E-state index in [2.05, 4.69) is 0 Å². The van der Waals surface area contributed by atoms with Crippen molar-refractivity contribution in [2.24, 2.45) is 0 Å². The fourth-order valence-electron chi connectivity index (χ4n) is 3.20. The number of hydrogen-bond donors (Lipinski definition) is 1. The smallest absolute Gasteiger partial charge is 0.317 e. The number of hydrogen-bond acceptors (Lipinski definition) is 4. The molecule has 0 spiro atoms. The monoisotopic (exact) mass is 291 g/mol. The normalized spacial score (nSPS) is 21.7. The van der Waals surface area contributed by atoms with Crippen molar-refractivity contribution in [2.45, 2.75) is 37.8 Å². The van der Waals surface area contributed by atoms with Crippen LogP contribution in [-0.4, -0.2) is 47.8 Å². The Morgan fingerprint density at radius 3 is 2.67 bits per heavy atom. The molecule has 1 aromatic rings. The van der Waals surface area contributed by atoms with Gasteiger partial charge in [0.1, 0.15) is 12.7 Å². The molecule has 1 saturated carbocycles. The minimum atomic E-state index is -0.779. The molecule has 114 valence electrons. The molecule has 1 heterocycles. The molecule has 21 heavy (non-hydrogen) atoms. The number of carboxylic acid groups (broad SMARTS) is 1. The average Bonchev–Trinajstić information content (AvgIpc) is 3.00. The molecule has 3 rings (SSSR count). The molecule has 1 aromatic carbocycles. The number of carbonyl (C=O) groups is 1. The molecular weight excluding hydrogens is 270 g/mol. The highest BCUT2D eigenvalue weighted by Crippen LogP contribution is 2.31. The van der Waals surface area contributed by atoms with Crippen LogP contribution in [0.2, 0.25) is 0 Å². The highest BCUT2D eigenvalue weighted by Gasteiger charge is 2.29. The van der Waals surface area contributed by atoms with Crippen molar-refractivity contribution in [2.75, 3.05) is 19.7 Å². The Hall–Kier alpha value is -1.75. The van der Waals surface area contributed by atoms with Crippen LogP contribution < -0.4 is 9.47 Å². The first kappa shape index (κ1) is 14.2. The van der Waals surface area contributed by atoms with Crippen LogP contribution in [0, 0.1) is 0 Å². The van der Waals surface area contributed by atoms with Gasteiger partial charge in [0.05, 0.1) is 6.54 Å². The number of nitrogens with zero attached hydrogens (tertiary/aromatic N) is 1. The van der Waals surface area contributed by atoms with Gasteiger partial charge >= 0.3 is 5.97 Å². The molecule has 1 unspecified atom stereocenters. The average molecular weight is 291 g/mol. The third kappa shape index (κ3) is 3.47. The van der Waals surface area contributed by atoms with Crippen molar-refractivity contribution in [3.63, 3.8) is 0 Å². The first-order valence-electron chi connectivity index (χ1n) is 7.56. The molecule has 1 aliphatic carbocycles. The summed E-state index contributed by atoms with van der Waals surface area (Å²) in [6.45, 7) is 1.15. The second-order valence-electron chi connectivity index (χ2n) is 5.76. The lowest BCUT2D eigenvalue weighted by Crippen LogP contribution is -2.46. The minimum absolute atomic E-state index is 0.0756. The summed E-state index contributed by atoms with van der Waals surface area (Å²) in [6, 6.07) is 7.96. The van der Waals surface area contributed by atoms with Gasteiger partial charge in [-0.25, -0.2) is 0 Å². The van der Waals surface area contributed by atoms with E-state index in [1.807, 2.05) is 29.2 Å². The topological polar surface area (TPSA) is 59.0 Å². The lowest BCUT2D eigenvalue weighted by Gasteiger charge is -2.33. The molecule has 1 N–H and O–H groups in total. The van der Waals surface area contributed by atoms with Crippen molar-refractivity contribution in [3.05, 3.63) is 24.3 Å². The SMILES string of the molecule is O=C(O)CN(CC1COc2ccccc2O1)C1CCCC1. The highest BCUT2D eigenvalue weighted by molar-refractivity contribution is 5.69. The number of aliphatic carboxylic acids is 1. The van der Waals surface area contributed by atoms with Gasteiger partial charge in [-0.1, -0.05) is 25.0 Å². The molecule has 0 bridgehead atoms. The summed E-state index contributed by atoms with van der Waals surface area (Å²) in [5.74, 6) is 0.730. The van der Waals surface area contributed by atoms with Crippen LogP contribution in [0.25, 0.3) is 0 Å². The summed E-state index contributed by atoms with van der Waals surface area (Å²) >= 11 is 0. The second kappa shape index (κ2) is 6.35. The molecule has 5 heteroatoms. The van der Waals surface area contributed by atoms with Crippen LogP contribution in [0.3, 0.4) is 0 Å². The Morgan fingerprint density at radius 1 is 1.24 bits per heavy atom. The Morgan fingerprint density at radius 2 is 1.95 bits per heavy atom. The molecule has 1 aliphatic heterocycles. The Bertz CT molecular complexity index is 499. The van der Waals surface area contributed by atoms with E-state index in [0.29, 0.717) is 19.2 Å². The van der Waals surface area contributed by atoms with Gasteiger partial charge < -0.3 is 14.6 Å². The van der Waals surface area contributed by atoms with Crippen molar-refractivity contribution in [3.8, 4) is 11.5 Å². The van der Waals surface area contributed by atoms with Gasteiger partial charge in [-0.15, -0.1) is 0 Å². The van der Waals surface area contributed by atoms with Crippen LogP contribution in [0.5, 0.6) is 11.5 Å². The summed E-state index contributed by atoms with van der Waals surface area (Å²) in [6.07, 6.45) is 4.42. The van der Waals surface area contributed by atoms with Gasteiger partial charge in [0.15, 0.2) is 11.5 Å². The van der Waals surface area contributed by atoms with Gasteiger partial charge in [-0.3, -0.25) is 9.69 Å². The Balaban J connectivity index is 1.64. The summed E-state index contributed by atoms with van der Waals surface area (Å²) in [7, 11) is 0. The number of carboxylic acids is 1. The van der Waals surface area contributed by atoms with E-state index in [1.54, 1.807) is 0 Å². The van der Waals surface area contributed by atoms with Gasteiger partial charge in [-0.05, 0) is 25.0 Å². The molecule has 0 amide bonds. The maximum absolute atomic E-state index is 11.1. The van der Waals surface area contributed by atoms with Crippen molar-refractivity contribution in [1.29, 1.82) is 0 Å². The fourth-order valence-corrected chi connectivity index (χ4v) is 3.20. The predicted molar refractivity (Wildman–Crippen MR) is 77.8 cm³/mol. The summed E-state index contributed by atoms with van der Waals surface area (Å²) in [5.41, 5.74) is 0. The summed E-state index contributed by atoms with van der Waals surface area (Å²) in [4.78, 5) is 13.1. The van der Waals surface area contributed by atoms with E-state index in [1.165, 1.54) is 12.8 Å². The van der Waals surface area contributed by atoms with Gasteiger partial charge in [0.25, 0.3) is 0 Å². The zero-order valence-electron chi connectivity index (χ0n) is 12.0. The van der Waals surface area contributed by atoms with Crippen LogP contribution in [0.15, 0.2) is 24.3 Å². The van der Waals surface area contributed by atoms with E-state index in [-0.39, 0.29) is 12.6 Å². The number of para-hydroxylation sites is 2. The van der Waals surface area contributed by atoms with Crippen LogP contribution in [-0.2, 0) is 4.79 Å². The van der Waals surface area contributed by atoms with Crippen molar-refractivity contribution >= 4 is 5.97 Å². The molecule has 0 aromatic heterocycles. The lowest BCUT2D eigenvalue weighted by atomic mass is 10.2. The van der Waals surface area contributed by atoms with Gasteiger partial charge in [-0.2, -0.15) is 0 Å². The van der Waals surface area contributed by atoms with Crippen LogP contribution in [0.1, 0.15) is 25.7 Å². The van der Waals surface area contributed by atoms with Gasteiger partial charge in [0.2, 0.25) is 0 Å². The lowest BCUT2D eigenvalue weighted by molar-refractivity contribution is -0.139. The standard InChI is InChI=1S/C16H21NO4/c18-16(19)10-17(12-5-1-2-6-12)9-13-11-20-14-7-3-4-8-15(14)21-13/h3-4,7-8,12-13H,1-2,5-6,9-11H2,(H,18,19). The predicted octanol–water partition coefficient (Wildman–Crippen LogP) is 2.16. The van der Waals surface area contributed by atoms with E-state index >= 15 is 0 Å². The highest BCUT2D eigenvalue weighted by atomic mass is 16.6. The molecular formula is C16H21NO4. The summed E-state index contributed by atoms with van der Waals surface area (Å²) in [5, 5.41) is 9.12. The number of ether oxygens (including phenoxy) is 2. The van der Waals surface area contributed by atoms with Crippen LogP contribution in [0.4, 0.5) is 0 Å². The number of rotatable bonds is 5. The Labute approximate surface area is 124 Å². The maximum atomic E-state index is 11.1. The van der Waals surface area contributed by atoms with E-state index in [4.69, 9.17) is 14.6 Å². The van der Waals surface area contributed by atoms with Crippen LogP contribution >= 0.6 is 0 Å². The zero-order chi connectivity index (χ0) is 14.7. The molecule has 1 fully saturated rings. The maximum Gasteiger partial charge on any atom is 0.317 e. The van der Waals surface area contributed by atoms with Crippen molar-refractivity contribution < 1.29 is 19.4 Å². The molecule has 0 radical (unpaired) electrons. The molecule has 5 nitrogen and oxygen atoms in total. The Kier molecular flexibility index (Phi) is 4.29. The third-order valence-electron chi connectivity index (χ3n) is 4.19. The van der Waals surface area contributed by atoms with E-state index < -0.39 is 5.97 Å². The zero-order valence-corrected chi connectivity index (χ0v) is 12.0. The molecule has 2 aliphatic rings. The third-order valence-corrected chi connectivity index (χ3v) is 4.19. The number of benzene rings is 1. The van der Waals surface area contributed by atoms with Gasteiger partial charge in [0, 0.05) is 12.6 Å². The van der Waals surface area contributed by atoms with Crippen molar-refractivity contribution in [1.82, 2.24) is 4.90 Å². The minimum Gasteiger partial charge on any atom is -0.486 e. The molecule has 0 saturated heterocycles. The van der Waals surface area contributed by atoms with E-state index in [0.717, 1.165) is 24.3 Å².